The average molecular weight is 495 g/mol. The molecule has 5 atom stereocenters. The summed E-state index contributed by atoms with van der Waals surface area (Å²) in [6.07, 6.45) is 16.6. The molecule has 4 saturated carbocycles. The van der Waals surface area contributed by atoms with Crippen LogP contribution in [0, 0.1) is 29.1 Å². The lowest BCUT2D eigenvalue weighted by atomic mass is 9.43. The smallest absolute Gasteiger partial charge is 0.0858 e. The molecule has 0 aromatic carbocycles. The highest BCUT2D eigenvalue weighted by Gasteiger charge is 2.59. The molecular weight excluding hydrogens is 454 g/mol. The summed E-state index contributed by atoms with van der Waals surface area (Å²) in [7, 11) is 5.09. The second-order valence-electron chi connectivity index (χ2n) is 12.6. The molecule has 0 amide bonds. The molecule has 7 rings (SSSR count). The number of rotatable bonds is 6. The van der Waals surface area contributed by atoms with E-state index < -0.39 is 8.07 Å². The molecule has 4 bridgehead atoms. The number of hydrogen-bond acceptors (Lipinski definition) is 0. The van der Waals surface area contributed by atoms with E-state index in [1.54, 1.807) is 16.3 Å². The van der Waals surface area contributed by atoms with Crippen molar-refractivity contribution in [3.8, 4) is 0 Å². The van der Waals surface area contributed by atoms with Gasteiger partial charge in [0.1, 0.15) is 0 Å². The largest absolute Gasteiger partial charge is 0.364 e. The maximum atomic E-state index is 3.63. The third-order valence-corrected chi connectivity index (χ3v) is 13.5. The van der Waals surface area contributed by atoms with Crippen LogP contribution in [0.5, 0.6) is 0 Å². The normalized spacial score (nSPS) is 33.8. The molecule has 33 heavy (non-hydrogen) atoms. The lowest BCUT2D eigenvalue weighted by Gasteiger charge is -2.62. The zero-order valence-corrected chi connectivity index (χ0v) is 23.8. The minimum Gasteiger partial charge on any atom is -0.364 e. The van der Waals surface area contributed by atoms with Gasteiger partial charge in [0.2, 0.25) is 0 Å². The Labute approximate surface area is 205 Å². The molecule has 0 spiro atoms. The molecule has 5 unspecified atom stereocenters. The van der Waals surface area contributed by atoms with E-state index in [0.29, 0.717) is 5.41 Å². The lowest BCUT2D eigenvalue weighted by Crippen LogP contribution is -2.54. The van der Waals surface area contributed by atoms with E-state index in [4.69, 9.17) is 0 Å². The standard InChI is InChI=1S/C28H40N2P2Si/c1-33(2,3)21-13-22(27-15-18-10-19(16-27)12-20(11-18)24(27)17-31)23(14-21)28(32,25-6-4-8-29-25)26-7-5-9-30-26/h4-9,13,18-20,24,29-30H,10-12,14-17,31-32H2,1-3H3. The number of nitrogens with one attached hydrogen (secondary N) is 2. The van der Waals surface area contributed by atoms with Gasteiger partial charge >= 0.3 is 0 Å². The summed E-state index contributed by atoms with van der Waals surface area (Å²) in [4.78, 5) is 7.25. The molecule has 5 heteroatoms. The SMILES string of the molecule is C[Si](C)(C)C1=CC(C23CC4CC(CC(C4)C2CP)C3)=C(C(P)(c2ccc[nH]2)c2ccc[nH]2)C1. The monoisotopic (exact) mass is 494 g/mol. The van der Waals surface area contributed by atoms with Crippen molar-refractivity contribution in [2.75, 3.05) is 6.16 Å². The van der Waals surface area contributed by atoms with Gasteiger partial charge in [0, 0.05) is 23.8 Å². The van der Waals surface area contributed by atoms with Crippen molar-refractivity contribution in [2.45, 2.75) is 63.3 Å². The highest BCUT2D eigenvalue weighted by atomic mass is 31.0. The van der Waals surface area contributed by atoms with E-state index in [1.165, 1.54) is 49.7 Å². The first-order valence-corrected chi connectivity index (χ1v) is 17.9. The fourth-order valence-electron chi connectivity index (χ4n) is 8.48. The van der Waals surface area contributed by atoms with Crippen molar-refractivity contribution in [3.63, 3.8) is 0 Å². The zero-order chi connectivity index (χ0) is 23.0. The van der Waals surface area contributed by atoms with Crippen LogP contribution in [0.25, 0.3) is 0 Å². The molecule has 0 aliphatic heterocycles. The van der Waals surface area contributed by atoms with Gasteiger partial charge < -0.3 is 9.97 Å². The minimum absolute atomic E-state index is 0.227. The fraction of sp³-hybridized carbons (Fsp3) is 0.571. The molecule has 2 N–H and O–H groups in total. The Kier molecular flexibility index (Phi) is 5.34. The minimum atomic E-state index is -1.42. The Balaban J connectivity index is 1.59. The molecule has 0 radical (unpaired) electrons. The van der Waals surface area contributed by atoms with Crippen molar-refractivity contribution >= 4 is 26.6 Å². The van der Waals surface area contributed by atoms with E-state index in [9.17, 15) is 0 Å². The third-order valence-electron chi connectivity index (χ3n) is 9.81. The molecule has 2 aromatic heterocycles. The van der Waals surface area contributed by atoms with E-state index in [0.717, 1.165) is 30.1 Å². The van der Waals surface area contributed by atoms with Crippen LogP contribution in [0.1, 0.15) is 49.9 Å². The number of aromatic nitrogens is 2. The number of aromatic amines is 2. The summed E-state index contributed by atoms with van der Waals surface area (Å²) in [5.41, 5.74) is 6.35. The van der Waals surface area contributed by atoms with Crippen LogP contribution in [0.15, 0.2) is 59.1 Å². The summed E-state index contributed by atoms with van der Waals surface area (Å²) in [5, 5.41) is 1.52. The van der Waals surface area contributed by atoms with Gasteiger partial charge in [-0.05, 0) is 109 Å². The van der Waals surface area contributed by atoms with Crippen LogP contribution >= 0.6 is 18.5 Å². The molecule has 2 nitrogen and oxygen atoms in total. The Morgan fingerprint density at radius 1 is 1.00 bits per heavy atom. The lowest BCUT2D eigenvalue weighted by molar-refractivity contribution is -0.0764. The van der Waals surface area contributed by atoms with Crippen LogP contribution in [0.2, 0.25) is 19.6 Å². The van der Waals surface area contributed by atoms with Crippen LogP contribution in [0.3, 0.4) is 0 Å². The van der Waals surface area contributed by atoms with Crippen LogP contribution in [-0.4, -0.2) is 24.2 Å². The van der Waals surface area contributed by atoms with E-state index in [2.05, 4.69) is 90.8 Å². The quantitative estimate of drug-likeness (QED) is 0.312. The van der Waals surface area contributed by atoms with Gasteiger partial charge in [-0.1, -0.05) is 30.9 Å². The first-order chi connectivity index (χ1) is 15.8. The van der Waals surface area contributed by atoms with Crippen molar-refractivity contribution in [1.82, 2.24) is 9.97 Å². The first kappa shape index (κ1) is 22.6. The molecule has 2 heterocycles. The molecule has 4 fully saturated rings. The summed E-state index contributed by atoms with van der Waals surface area (Å²) in [5.74, 6) is 3.65. The van der Waals surface area contributed by atoms with E-state index in [-0.39, 0.29) is 5.16 Å². The van der Waals surface area contributed by atoms with Crippen molar-refractivity contribution in [1.29, 1.82) is 0 Å². The maximum Gasteiger partial charge on any atom is 0.0858 e. The van der Waals surface area contributed by atoms with E-state index >= 15 is 0 Å². The number of hydrogen-bond donors (Lipinski definition) is 2. The molecule has 0 saturated heterocycles. The summed E-state index contributed by atoms with van der Waals surface area (Å²) < 4.78 is 0. The second kappa shape index (κ2) is 7.81. The third kappa shape index (κ3) is 3.32. The fourth-order valence-corrected chi connectivity index (χ4v) is 11.2. The highest BCUT2D eigenvalue weighted by molar-refractivity contribution is 7.19. The summed E-state index contributed by atoms with van der Waals surface area (Å²) >= 11 is 0. The van der Waals surface area contributed by atoms with Crippen molar-refractivity contribution in [2.24, 2.45) is 29.1 Å². The molecule has 5 aliphatic rings. The maximum absolute atomic E-state index is 3.63. The van der Waals surface area contributed by atoms with Crippen LogP contribution in [-0.2, 0) is 5.16 Å². The Morgan fingerprint density at radius 3 is 2.09 bits per heavy atom. The van der Waals surface area contributed by atoms with Gasteiger partial charge in [-0.15, -0.1) is 18.5 Å². The predicted molar refractivity (Wildman–Crippen MR) is 149 cm³/mol. The number of H-pyrrole nitrogens is 2. The topological polar surface area (TPSA) is 31.6 Å². The van der Waals surface area contributed by atoms with Crippen molar-refractivity contribution in [3.05, 3.63) is 70.5 Å². The number of allylic oxidation sites excluding steroid dienone is 4. The second-order valence-corrected chi connectivity index (χ2v) is 19.0. The molecular formula is C28H40N2P2Si. The average Bonchev–Trinajstić information content (AvgIpc) is 3.54. The van der Waals surface area contributed by atoms with Gasteiger partial charge in [0.15, 0.2) is 0 Å². The van der Waals surface area contributed by atoms with Gasteiger partial charge in [-0.2, -0.15) is 0 Å². The van der Waals surface area contributed by atoms with Crippen LogP contribution < -0.4 is 0 Å². The van der Waals surface area contributed by atoms with Gasteiger partial charge in [0.25, 0.3) is 0 Å². The summed E-state index contributed by atoms with van der Waals surface area (Å²) in [6, 6.07) is 8.90. The van der Waals surface area contributed by atoms with E-state index in [1.807, 2.05) is 0 Å². The van der Waals surface area contributed by atoms with Gasteiger partial charge in [0.05, 0.1) is 13.2 Å². The Hall–Kier alpha value is -0.883. The first-order valence-electron chi connectivity index (χ1n) is 13.0. The van der Waals surface area contributed by atoms with Crippen molar-refractivity contribution < 1.29 is 0 Å². The molecule has 5 aliphatic carbocycles. The van der Waals surface area contributed by atoms with Gasteiger partial charge in [-0.3, -0.25) is 0 Å². The Morgan fingerprint density at radius 2 is 1.61 bits per heavy atom. The predicted octanol–water partition coefficient (Wildman–Crippen LogP) is 7.28. The van der Waals surface area contributed by atoms with Crippen LogP contribution in [0.4, 0.5) is 0 Å². The molecule has 2 aromatic rings. The Bertz CT molecular complexity index is 1040. The highest BCUT2D eigenvalue weighted by Crippen LogP contribution is 2.68. The van der Waals surface area contributed by atoms with Gasteiger partial charge in [-0.25, -0.2) is 0 Å². The molecule has 176 valence electrons. The zero-order valence-electron chi connectivity index (χ0n) is 20.5. The summed E-state index contributed by atoms with van der Waals surface area (Å²) in [6.45, 7) is 7.62.